The van der Waals surface area contributed by atoms with Crippen LogP contribution in [0.5, 0.6) is 0 Å². The molecule has 0 N–H and O–H groups in total. The molecule has 6 rings (SSSR count). The van der Waals surface area contributed by atoms with Gasteiger partial charge >= 0.3 is 0 Å². The minimum Gasteiger partial charge on any atom is -0.309 e. The molecule has 29 heavy (non-hydrogen) atoms. The second-order valence-electron chi connectivity index (χ2n) is 7.42. The summed E-state index contributed by atoms with van der Waals surface area (Å²) in [4.78, 5) is 0. The van der Waals surface area contributed by atoms with E-state index < -0.39 is 0 Å². The Bertz CT molecular complexity index is 1470. The number of hydrogen-bond acceptors (Lipinski definition) is 0. The molecular weight excluding hydrogens is 350 g/mol. The molecule has 1 nitrogen and oxygen atoms in total. The van der Waals surface area contributed by atoms with Crippen LogP contribution in [0.2, 0.25) is 0 Å². The van der Waals surface area contributed by atoms with Gasteiger partial charge in [0.1, 0.15) is 0 Å². The molecule has 0 spiro atoms. The van der Waals surface area contributed by atoms with E-state index in [4.69, 9.17) is 0 Å². The molecular formula is C28H19N. The van der Waals surface area contributed by atoms with Crippen molar-refractivity contribution >= 4 is 27.3 Å². The van der Waals surface area contributed by atoms with Gasteiger partial charge in [-0.3, -0.25) is 0 Å². The highest BCUT2D eigenvalue weighted by molar-refractivity contribution is 6.11. The van der Waals surface area contributed by atoms with Crippen molar-refractivity contribution in [3.05, 3.63) is 115 Å². The van der Waals surface area contributed by atoms with Gasteiger partial charge in [0.25, 0.3) is 0 Å². The lowest BCUT2D eigenvalue weighted by Gasteiger charge is -2.12. The number of fused-ring (bicyclic) bond motifs is 5. The van der Waals surface area contributed by atoms with Crippen molar-refractivity contribution in [2.24, 2.45) is 0 Å². The van der Waals surface area contributed by atoms with Crippen LogP contribution in [0.25, 0.3) is 49.6 Å². The lowest BCUT2D eigenvalue weighted by molar-refractivity contribution is 1.33. The van der Waals surface area contributed by atoms with Crippen LogP contribution < -0.4 is 0 Å². The molecule has 0 saturated heterocycles. The molecule has 0 aliphatic carbocycles. The summed E-state index contributed by atoms with van der Waals surface area (Å²) >= 11 is 0. The molecule has 0 fully saturated rings. The van der Waals surface area contributed by atoms with Crippen molar-refractivity contribution in [2.45, 2.75) is 0 Å². The van der Waals surface area contributed by atoms with Gasteiger partial charge in [-0.25, -0.2) is 0 Å². The predicted molar refractivity (Wildman–Crippen MR) is 123 cm³/mol. The van der Waals surface area contributed by atoms with E-state index in [9.17, 15) is 0 Å². The van der Waals surface area contributed by atoms with Crippen molar-refractivity contribution in [2.75, 3.05) is 0 Å². The Morgan fingerprint density at radius 1 is 0.414 bits per heavy atom. The van der Waals surface area contributed by atoms with Crippen LogP contribution in [-0.2, 0) is 0 Å². The van der Waals surface area contributed by atoms with Gasteiger partial charge in [0.2, 0.25) is 0 Å². The highest BCUT2D eigenvalue weighted by Crippen LogP contribution is 2.40. The van der Waals surface area contributed by atoms with Crippen LogP contribution in [-0.4, -0.2) is 4.40 Å². The minimum atomic E-state index is 1.24. The number of hydrogen-bond donors (Lipinski definition) is 0. The first-order chi connectivity index (χ1) is 14.4. The van der Waals surface area contributed by atoms with Gasteiger partial charge in [0.05, 0.1) is 16.6 Å². The molecule has 0 aliphatic heterocycles. The summed E-state index contributed by atoms with van der Waals surface area (Å²) in [7, 11) is 0. The Labute approximate surface area is 169 Å². The molecule has 0 aliphatic rings. The fourth-order valence-corrected chi connectivity index (χ4v) is 4.53. The summed E-state index contributed by atoms with van der Waals surface area (Å²) in [5.41, 5.74) is 8.79. The minimum absolute atomic E-state index is 1.24. The number of aromatic nitrogens is 1. The fourth-order valence-electron chi connectivity index (χ4n) is 4.53. The average Bonchev–Trinajstić information content (AvgIpc) is 3.14. The first kappa shape index (κ1) is 16.1. The molecule has 4 aromatic carbocycles. The summed E-state index contributed by atoms with van der Waals surface area (Å²) in [5, 5.41) is 2.56. The third-order valence-electron chi connectivity index (χ3n) is 5.77. The van der Waals surface area contributed by atoms with E-state index in [0.717, 1.165) is 0 Å². The summed E-state index contributed by atoms with van der Waals surface area (Å²) < 4.78 is 2.42. The quantitative estimate of drug-likeness (QED) is 0.296. The van der Waals surface area contributed by atoms with Crippen LogP contribution in [0.3, 0.4) is 0 Å². The monoisotopic (exact) mass is 369 g/mol. The van der Waals surface area contributed by atoms with E-state index in [1.54, 1.807) is 0 Å². The number of pyridine rings is 1. The van der Waals surface area contributed by atoms with Crippen LogP contribution in [0.1, 0.15) is 0 Å². The van der Waals surface area contributed by atoms with Crippen molar-refractivity contribution < 1.29 is 0 Å². The van der Waals surface area contributed by atoms with Gasteiger partial charge in [0.15, 0.2) is 0 Å². The fraction of sp³-hybridized carbons (Fsp3) is 0. The Kier molecular flexibility index (Phi) is 3.54. The van der Waals surface area contributed by atoms with Crippen LogP contribution in [0.15, 0.2) is 115 Å². The second-order valence-corrected chi connectivity index (χ2v) is 7.42. The van der Waals surface area contributed by atoms with E-state index in [-0.39, 0.29) is 0 Å². The average molecular weight is 369 g/mol. The van der Waals surface area contributed by atoms with Gasteiger partial charge in [0, 0.05) is 16.3 Å². The normalized spacial score (nSPS) is 11.4. The number of benzene rings is 4. The maximum absolute atomic E-state index is 2.42. The van der Waals surface area contributed by atoms with Gasteiger partial charge in [-0.15, -0.1) is 0 Å². The van der Waals surface area contributed by atoms with E-state index in [0.29, 0.717) is 0 Å². The van der Waals surface area contributed by atoms with Crippen LogP contribution >= 0.6 is 0 Å². The van der Waals surface area contributed by atoms with Gasteiger partial charge in [-0.2, -0.15) is 0 Å². The standard InChI is InChI=1S/C28H19N/c1-3-11-20(12-4-1)24-19-27-28(21-13-5-2-6-14-21)23-16-8-10-18-26(23)29(27)25-17-9-7-15-22(24)25/h1-19H. The van der Waals surface area contributed by atoms with E-state index >= 15 is 0 Å². The van der Waals surface area contributed by atoms with Gasteiger partial charge in [-0.05, 0) is 34.9 Å². The second kappa shape index (κ2) is 6.35. The van der Waals surface area contributed by atoms with E-state index in [1.807, 2.05) is 0 Å². The summed E-state index contributed by atoms with van der Waals surface area (Å²) in [6.07, 6.45) is 0. The maximum atomic E-state index is 2.42. The molecule has 0 saturated carbocycles. The largest absolute Gasteiger partial charge is 0.309 e. The third-order valence-corrected chi connectivity index (χ3v) is 5.77. The Hall–Kier alpha value is -3.84. The number of para-hydroxylation sites is 2. The lowest BCUT2D eigenvalue weighted by Crippen LogP contribution is -1.91. The lowest BCUT2D eigenvalue weighted by atomic mass is 9.98. The van der Waals surface area contributed by atoms with E-state index in [1.165, 1.54) is 49.6 Å². The topological polar surface area (TPSA) is 4.41 Å². The number of nitrogens with zero attached hydrogens (tertiary/aromatic N) is 1. The molecule has 2 aromatic heterocycles. The van der Waals surface area contributed by atoms with Crippen LogP contribution in [0, 0.1) is 0 Å². The SMILES string of the molecule is c1ccc(-c2cc3c(-c4ccccc4)c4ccccc4n3c3ccccc23)cc1. The summed E-state index contributed by atoms with van der Waals surface area (Å²) in [6, 6.07) is 41.2. The first-order valence-electron chi connectivity index (χ1n) is 9.97. The zero-order valence-electron chi connectivity index (χ0n) is 15.9. The molecule has 6 aromatic rings. The van der Waals surface area contributed by atoms with E-state index in [2.05, 4.69) is 120 Å². The predicted octanol–water partition coefficient (Wildman–Crippen LogP) is 7.58. The first-order valence-corrected chi connectivity index (χ1v) is 9.97. The molecule has 0 radical (unpaired) electrons. The van der Waals surface area contributed by atoms with Crippen LogP contribution in [0.4, 0.5) is 0 Å². The van der Waals surface area contributed by atoms with Gasteiger partial charge < -0.3 is 4.40 Å². The molecule has 136 valence electrons. The van der Waals surface area contributed by atoms with Gasteiger partial charge in [-0.1, -0.05) is 97.1 Å². The molecule has 2 heterocycles. The molecule has 0 amide bonds. The smallest absolute Gasteiger partial charge is 0.0553 e. The Morgan fingerprint density at radius 3 is 1.62 bits per heavy atom. The Morgan fingerprint density at radius 2 is 0.931 bits per heavy atom. The Balaban J connectivity index is 1.87. The summed E-state index contributed by atoms with van der Waals surface area (Å²) in [5.74, 6) is 0. The third kappa shape index (κ3) is 2.41. The van der Waals surface area contributed by atoms with Crippen molar-refractivity contribution in [1.82, 2.24) is 4.40 Å². The molecule has 0 bridgehead atoms. The highest BCUT2D eigenvalue weighted by Gasteiger charge is 2.17. The molecule has 0 atom stereocenters. The summed E-state index contributed by atoms with van der Waals surface area (Å²) in [6.45, 7) is 0. The van der Waals surface area contributed by atoms with Crippen molar-refractivity contribution in [3.63, 3.8) is 0 Å². The van der Waals surface area contributed by atoms with Crippen molar-refractivity contribution in [1.29, 1.82) is 0 Å². The highest BCUT2D eigenvalue weighted by atomic mass is 14.9. The zero-order valence-corrected chi connectivity index (χ0v) is 15.9. The zero-order chi connectivity index (χ0) is 19.2. The van der Waals surface area contributed by atoms with Crippen molar-refractivity contribution in [3.8, 4) is 22.3 Å². The molecule has 1 heteroatoms. The number of rotatable bonds is 2. The molecule has 0 unspecified atom stereocenters. The maximum Gasteiger partial charge on any atom is 0.0553 e.